The molecule has 4 nitrogen and oxygen atoms in total. The smallest absolute Gasteiger partial charge is 0.157 e. The zero-order valence-electron chi connectivity index (χ0n) is 14.3. The van der Waals surface area contributed by atoms with E-state index in [1.54, 1.807) is 0 Å². The van der Waals surface area contributed by atoms with Gasteiger partial charge in [0.15, 0.2) is 5.65 Å². The number of hydrogen-bond acceptors (Lipinski definition) is 4. The van der Waals surface area contributed by atoms with Gasteiger partial charge in [-0.1, -0.05) is 44.7 Å². The number of aromatic nitrogens is 2. The van der Waals surface area contributed by atoms with Crippen molar-refractivity contribution in [3.05, 3.63) is 41.5 Å². The zero-order chi connectivity index (χ0) is 17.5. The highest BCUT2D eigenvalue weighted by molar-refractivity contribution is 7.99. The second kappa shape index (κ2) is 5.95. The van der Waals surface area contributed by atoms with E-state index in [2.05, 4.69) is 11.1 Å². The number of imidazole rings is 1. The van der Waals surface area contributed by atoms with Crippen molar-refractivity contribution in [1.29, 1.82) is 5.26 Å². The Balaban J connectivity index is 2.17. The summed E-state index contributed by atoms with van der Waals surface area (Å²) in [6, 6.07) is 12.0. The van der Waals surface area contributed by atoms with Crippen molar-refractivity contribution in [2.24, 2.45) is 5.41 Å². The number of carbonyl (C=O) groups is 1. The highest BCUT2D eigenvalue weighted by Gasteiger charge is 2.22. The van der Waals surface area contributed by atoms with Gasteiger partial charge in [-0.15, -0.1) is 0 Å². The first-order valence-corrected chi connectivity index (χ1v) is 8.78. The van der Waals surface area contributed by atoms with E-state index in [1.807, 2.05) is 62.4 Å². The van der Waals surface area contributed by atoms with Gasteiger partial charge in [0.2, 0.25) is 0 Å². The maximum absolute atomic E-state index is 12.3. The summed E-state index contributed by atoms with van der Waals surface area (Å²) >= 11 is 1.50. The van der Waals surface area contributed by atoms with Crippen LogP contribution in [0.2, 0.25) is 0 Å². The maximum Gasteiger partial charge on any atom is 0.157 e. The number of nitrogens with zero attached hydrogens (tertiary/aromatic N) is 3. The minimum absolute atomic E-state index is 0.201. The molecular formula is C19H19N3OS. The first-order chi connectivity index (χ1) is 11.3. The number of benzene rings is 1. The van der Waals surface area contributed by atoms with Crippen LogP contribution in [-0.2, 0) is 4.79 Å². The number of hydrogen-bond donors (Lipinski definition) is 0. The van der Waals surface area contributed by atoms with Crippen molar-refractivity contribution in [3.63, 3.8) is 0 Å². The summed E-state index contributed by atoms with van der Waals surface area (Å²) in [4.78, 5) is 16.9. The highest BCUT2D eigenvalue weighted by Crippen LogP contribution is 2.30. The Morgan fingerprint density at radius 2 is 2.04 bits per heavy atom. The van der Waals surface area contributed by atoms with Crippen molar-refractivity contribution in [2.45, 2.75) is 32.7 Å². The van der Waals surface area contributed by atoms with Crippen LogP contribution in [0.4, 0.5) is 0 Å². The fourth-order valence-corrected chi connectivity index (χ4v) is 3.80. The second-order valence-electron chi connectivity index (χ2n) is 6.87. The van der Waals surface area contributed by atoms with Crippen LogP contribution in [0.25, 0.3) is 16.7 Å². The Morgan fingerprint density at radius 3 is 2.71 bits per heavy atom. The molecule has 0 aliphatic carbocycles. The van der Waals surface area contributed by atoms with Gasteiger partial charge in [0.1, 0.15) is 11.9 Å². The van der Waals surface area contributed by atoms with Crippen LogP contribution in [0.3, 0.4) is 0 Å². The number of pyridine rings is 1. The molecular weight excluding hydrogens is 318 g/mol. The van der Waals surface area contributed by atoms with Gasteiger partial charge in [0, 0.05) is 5.41 Å². The lowest BCUT2D eigenvalue weighted by Crippen LogP contribution is -2.22. The number of Topliss-reactive ketones (excluding diaryl/α,β-unsaturated/α-hetero) is 1. The third kappa shape index (κ3) is 2.78. The van der Waals surface area contributed by atoms with Gasteiger partial charge in [-0.2, -0.15) is 5.26 Å². The minimum atomic E-state index is -0.356. The molecule has 0 bridgehead atoms. The number of rotatable bonds is 3. The standard InChI is InChI=1S/C19H19N3OS/c1-12-9-17(24-11-16(23)19(2,3)4)22-15-8-6-5-7-14(15)21-18(22)13(12)10-20/h5-9H,11H2,1-4H3. The van der Waals surface area contributed by atoms with Crippen LogP contribution >= 0.6 is 11.8 Å². The van der Waals surface area contributed by atoms with Crippen molar-refractivity contribution in [1.82, 2.24) is 9.38 Å². The van der Waals surface area contributed by atoms with Crippen molar-refractivity contribution in [2.75, 3.05) is 5.75 Å². The van der Waals surface area contributed by atoms with Crippen LogP contribution in [-0.4, -0.2) is 20.9 Å². The Hall–Kier alpha value is -2.32. The molecule has 1 aromatic carbocycles. The third-order valence-electron chi connectivity index (χ3n) is 4.04. The molecule has 0 fully saturated rings. The van der Waals surface area contributed by atoms with E-state index < -0.39 is 0 Å². The minimum Gasteiger partial charge on any atom is -0.298 e. The Bertz CT molecular complexity index is 990. The number of carbonyl (C=O) groups excluding carboxylic acids is 1. The van der Waals surface area contributed by atoms with E-state index in [0.717, 1.165) is 21.6 Å². The van der Waals surface area contributed by atoms with E-state index in [0.29, 0.717) is 17.0 Å². The van der Waals surface area contributed by atoms with Crippen molar-refractivity contribution in [3.8, 4) is 6.07 Å². The molecule has 5 heteroatoms. The molecule has 3 rings (SSSR count). The van der Waals surface area contributed by atoms with E-state index in [4.69, 9.17) is 0 Å². The molecule has 0 saturated carbocycles. The van der Waals surface area contributed by atoms with Gasteiger partial charge in [0.25, 0.3) is 0 Å². The van der Waals surface area contributed by atoms with Crippen LogP contribution in [0.15, 0.2) is 35.4 Å². The molecule has 0 spiro atoms. The molecule has 0 N–H and O–H groups in total. The molecule has 122 valence electrons. The number of para-hydroxylation sites is 2. The van der Waals surface area contributed by atoms with Crippen LogP contribution in [0, 0.1) is 23.7 Å². The van der Waals surface area contributed by atoms with E-state index in [-0.39, 0.29) is 11.2 Å². The Kier molecular flexibility index (Phi) is 4.10. The normalized spacial score (nSPS) is 11.8. The lowest BCUT2D eigenvalue weighted by Gasteiger charge is -2.16. The number of nitriles is 1. The summed E-state index contributed by atoms with van der Waals surface area (Å²) in [5, 5.41) is 10.4. The van der Waals surface area contributed by atoms with E-state index in [9.17, 15) is 10.1 Å². The monoisotopic (exact) mass is 337 g/mol. The number of thioether (sulfide) groups is 1. The molecule has 2 heterocycles. The van der Waals surface area contributed by atoms with Crippen LogP contribution < -0.4 is 0 Å². The summed E-state index contributed by atoms with van der Waals surface area (Å²) in [7, 11) is 0. The van der Waals surface area contributed by atoms with Crippen molar-refractivity contribution >= 4 is 34.2 Å². The summed E-state index contributed by atoms with van der Waals surface area (Å²) in [5.41, 5.74) is 3.57. The maximum atomic E-state index is 12.3. The molecule has 0 saturated heterocycles. The molecule has 0 aliphatic heterocycles. The molecule has 24 heavy (non-hydrogen) atoms. The zero-order valence-corrected chi connectivity index (χ0v) is 15.1. The molecule has 0 unspecified atom stereocenters. The Labute approximate surface area is 145 Å². The summed E-state index contributed by atoms with van der Waals surface area (Å²) < 4.78 is 1.99. The molecule has 0 aliphatic rings. The van der Waals surface area contributed by atoms with E-state index >= 15 is 0 Å². The predicted octanol–water partition coefficient (Wildman–Crippen LogP) is 4.37. The third-order valence-corrected chi connectivity index (χ3v) is 5.04. The highest BCUT2D eigenvalue weighted by atomic mass is 32.2. The number of aryl methyl sites for hydroxylation is 1. The lowest BCUT2D eigenvalue weighted by atomic mass is 9.92. The SMILES string of the molecule is Cc1cc(SCC(=O)C(C)(C)C)n2c(nc3ccccc32)c1C#N. The van der Waals surface area contributed by atoms with Gasteiger partial charge in [-0.05, 0) is 30.7 Å². The second-order valence-corrected chi connectivity index (χ2v) is 7.87. The fourth-order valence-electron chi connectivity index (χ4n) is 2.52. The van der Waals surface area contributed by atoms with Gasteiger partial charge >= 0.3 is 0 Å². The summed E-state index contributed by atoms with van der Waals surface area (Å²) in [6.45, 7) is 7.71. The van der Waals surface area contributed by atoms with Crippen molar-refractivity contribution < 1.29 is 4.79 Å². The first kappa shape index (κ1) is 16.5. The molecule has 0 radical (unpaired) electrons. The Morgan fingerprint density at radius 1 is 1.33 bits per heavy atom. The van der Waals surface area contributed by atoms with Gasteiger partial charge in [-0.3, -0.25) is 9.20 Å². The van der Waals surface area contributed by atoms with Crippen LogP contribution in [0.5, 0.6) is 0 Å². The quantitative estimate of drug-likeness (QED) is 0.666. The molecule has 3 aromatic rings. The lowest BCUT2D eigenvalue weighted by molar-refractivity contribution is -0.123. The van der Waals surface area contributed by atoms with Gasteiger partial charge in [0.05, 0.1) is 27.4 Å². The fraction of sp³-hybridized carbons (Fsp3) is 0.316. The van der Waals surface area contributed by atoms with Crippen LogP contribution in [0.1, 0.15) is 31.9 Å². The molecule has 0 atom stereocenters. The first-order valence-electron chi connectivity index (χ1n) is 7.80. The van der Waals surface area contributed by atoms with Gasteiger partial charge in [-0.25, -0.2) is 4.98 Å². The topological polar surface area (TPSA) is 58.2 Å². The average Bonchev–Trinajstić information content (AvgIpc) is 2.90. The molecule has 2 aromatic heterocycles. The largest absolute Gasteiger partial charge is 0.298 e. The summed E-state index contributed by atoms with van der Waals surface area (Å²) in [5.74, 6) is 0.600. The number of ketones is 1. The van der Waals surface area contributed by atoms with Gasteiger partial charge < -0.3 is 0 Å². The number of fused-ring (bicyclic) bond motifs is 3. The average molecular weight is 337 g/mol. The summed E-state index contributed by atoms with van der Waals surface area (Å²) in [6.07, 6.45) is 0. The molecule has 0 amide bonds. The predicted molar refractivity (Wildman–Crippen MR) is 97.3 cm³/mol. The van der Waals surface area contributed by atoms with E-state index in [1.165, 1.54) is 11.8 Å².